The number of hydrogen-bond acceptors (Lipinski definition) is 2. The van der Waals surface area contributed by atoms with E-state index in [4.69, 9.17) is 23.2 Å². The summed E-state index contributed by atoms with van der Waals surface area (Å²) >= 11 is 13.6. The van der Waals surface area contributed by atoms with Gasteiger partial charge >= 0.3 is 6.03 Å². The van der Waals surface area contributed by atoms with Crippen LogP contribution >= 0.6 is 35.0 Å². The molecule has 1 saturated heterocycles. The van der Waals surface area contributed by atoms with Crippen molar-refractivity contribution in [1.82, 2.24) is 4.90 Å². The molecule has 0 unspecified atom stereocenters. The molecule has 0 radical (unpaired) electrons. The van der Waals surface area contributed by atoms with Crippen LogP contribution in [0.2, 0.25) is 10.0 Å². The Morgan fingerprint density at radius 1 is 1.22 bits per heavy atom. The van der Waals surface area contributed by atoms with Crippen LogP contribution in [0.4, 0.5) is 14.9 Å². The maximum absolute atomic E-state index is 13.7. The van der Waals surface area contributed by atoms with Crippen LogP contribution in [0.5, 0.6) is 0 Å². The molecule has 1 atom stereocenters. The molecule has 7 heteroatoms. The molecule has 0 spiro atoms. The number of anilines is 1. The number of amides is 2. The van der Waals surface area contributed by atoms with Gasteiger partial charge in [-0.15, -0.1) is 11.8 Å². The maximum Gasteiger partial charge on any atom is 0.323 e. The quantitative estimate of drug-likeness (QED) is 0.765. The normalized spacial score (nSPS) is 17.3. The van der Waals surface area contributed by atoms with Gasteiger partial charge in [0.15, 0.2) is 0 Å². The molecule has 1 fully saturated rings. The van der Waals surface area contributed by atoms with Crippen molar-refractivity contribution < 1.29 is 9.18 Å². The Bertz CT molecular complexity index is 744. The van der Waals surface area contributed by atoms with Crippen molar-refractivity contribution in [3.63, 3.8) is 0 Å². The topological polar surface area (TPSA) is 32.3 Å². The summed E-state index contributed by atoms with van der Waals surface area (Å²) in [6.07, 6.45) is 0. The average molecular weight is 371 g/mol. The summed E-state index contributed by atoms with van der Waals surface area (Å²) in [5, 5.41) is 3.37. The van der Waals surface area contributed by atoms with Crippen molar-refractivity contribution in [2.24, 2.45) is 0 Å². The summed E-state index contributed by atoms with van der Waals surface area (Å²) in [5.74, 6) is 0.342. The molecule has 2 amide bonds. The van der Waals surface area contributed by atoms with Crippen molar-refractivity contribution in [2.75, 3.05) is 17.6 Å². The van der Waals surface area contributed by atoms with Crippen molar-refractivity contribution in [1.29, 1.82) is 0 Å². The zero-order valence-corrected chi connectivity index (χ0v) is 14.3. The molecule has 2 aromatic rings. The molecule has 120 valence electrons. The Morgan fingerprint density at radius 3 is 2.74 bits per heavy atom. The molecule has 1 aliphatic rings. The fourth-order valence-corrected chi connectivity index (χ4v) is 3.92. The zero-order chi connectivity index (χ0) is 16.4. The first-order chi connectivity index (χ1) is 11.1. The molecular weight excluding hydrogens is 358 g/mol. The van der Waals surface area contributed by atoms with Gasteiger partial charge in [0.2, 0.25) is 0 Å². The van der Waals surface area contributed by atoms with Gasteiger partial charge < -0.3 is 10.2 Å². The Kier molecular flexibility index (Phi) is 4.99. The van der Waals surface area contributed by atoms with Crippen LogP contribution < -0.4 is 5.32 Å². The largest absolute Gasteiger partial charge is 0.323 e. The van der Waals surface area contributed by atoms with E-state index in [1.54, 1.807) is 40.9 Å². The van der Waals surface area contributed by atoms with Gasteiger partial charge in [0.1, 0.15) is 11.2 Å². The second kappa shape index (κ2) is 6.99. The van der Waals surface area contributed by atoms with E-state index in [9.17, 15) is 9.18 Å². The Morgan fingerprint density at radius 2 is 2.00 bits per heavy atom. The van der Waals surface area contributed by atoms with Crippen LogP contribution in [0.25, 0.3) is 0 Å². The van der Waals surface area contributed by atoms with Crippen molar-refractivity contribution in [3.05, 3.63) is 63.9 Å². The highest BCUT2D eigenvalue weighted by Crippen LogP contribution is 2.40. The number of nitrogens with one attached hydrogen (secondary N) is 1. The molecule has 23 heavy (non-hydrogen) atoms. The van der Waals surface area contributed by atoms with Gasteiger partial charge in [-0.1, -0.05) is 41.4 Å². The first-order valence-corrected chi connectivity index (χ1v) is 8.75. The molecule has 0 aromatic heterocycles. The Labute approximate surface area is 147 Å². The first kappa shape index (κ1) is 16.4. The number of thioether (sulfide) groups is 1. The number of carbonyl (C=O) groups excluding carboxylic acids is 1. The van der Waals surface area contributed by atoms with Crippen LogP contribution in [-0.2, 0) is 0 Å². The fourth-order valence-electron chi connectivity index (χ4n) is 2.37. The van der Waals surface area contributed by atoms with Gasteiger partial charge in [0.25, 0.3) is 0 Å². The molecule has 1 N–H and O–H groups in total. The lowest BCUT2D eigenvalue weighted by Gasteiger charge is -2.24. The monoisotopic (exact) mass is 370 g/mol. The summed E-state index contributed by atoms with van der Waals surface area (Å²) in [4.78, 5) is 14.1. The van der Waals surface area contributed by atoms with E-state index in [-0.39, 0.29) is 17.1 Å². The van der Waals surface area contributed by atoms with Crippen molar-refractivity contribution in [3.8, 4) is 0 Å². The number of benzene rings is 2. The highest BCUT2D eigenvalue weighted by Gasteiger charge is 2.31. The molecule has 1 heterocycles. The molecule has 0 aliphatic carbocycles. The van der Waals surface area contributed by atoms with E-state index >= 15 is 0 Å². The number of hydrogen-bond donors (Lipinski definition) is 1. The van der Waals surface area contributed by atoms with Gasteiger partial charge in [-0.2, -0.15) is 0 Å². The summed E-state index contributed by atoms with van der Waals surface area (Å²) in [7, 11) is 0. The van der Waals surface area contributed by atoms with E-state index < -0.39 is 5.82 Å². The predicted octanol–water partition coefficient (Wildman–Crippen LogP) is 5.41. The molecule has 3 rings (SSSR count). The summed E-state index contributed by atoms with van der Waals surface area (Å²) in [6.45, 7) is 0.579. The minimum atomic E-state index is -0.459. The molecule has 3 nitrogen and oxygen atoms in total. The van der Waals surface area contributed by atoms with Gasteiger partial charge in [-0.25, -0.2) is 9.18 Å². The van der Waals surface area contributed by atoms with Crippen molar-refractivity contribution >= 4 is 46.7 Å². The summed E-state index contributed by atoms with van der Waals surface area (Å²) in [6, 6.07) is 11.1. The number of rotatable bonds is 2. The van der Waals surface area contributed by atoms with E-state index in [1.165, 1.54) is 12.1 Å². The third-order valence-electron chi connectivity index (χ3n) is 3.50. The predicted molar refractivity (Wildman–Crippen MR) is 93.8 cm³/mol. The van der Waals surface area contributed by atoms with E-state index in [1.807, 2.05) is 6.07 Å². The number of para-hydroxylation sites is 1. The van der Waals surface area contributed by atoms with Crippen LogP contribution in [-0.4, -0.2) is 23.2 Å². The summed E-state index contributed by atoms with van der Waals surface area (Å²) < 4.78 is 13.7. The van der Waals surface area contributed by atoms with E-state index in [0.29, 0.717) is 16.6 Å². The minimum Gasteiger partial charge on any atom is -0.308 e. The Balaban J connectivity index is 1.79. The van der Waals surface area contributed by atoms with Gasteiger partial charge in [0, 0.05) is 12.3 Å². The van der Waals surface area contributed by atoms with Gasteiger partial charge in [0.05, 0.1) is 15.7 Å². The lowest BCUT2D eigenvalue weighted by Crippen LogP contribution is -2.34. The fraction of sp³-hybridized carbons (Fsp3) is 0.188. The lowest BCUT2D eigenvalue weighted by atomic mass is 10.2. The van der Waals surface area contributed by atoms with Crippen LogP contribution in [0.1, 0.15) is 10.9 Å². The smallest absolute Gasteiger partial charge is 0.308 e. The first-order valence-electron chi connectivity index (χ1n) is 6.95. The molecule has 2 aromatic carbocycles. The van der Waals surface area contributed by atoms with Crippen LogP contribution in [0.15, 0.2) is 42.5 Å². The SMILES string of the molecule is O=C(Nc1ccccc1F)N1CCS[C@H]1c1ccc(Cl)c(Cl)c1. The average Bonchev–Trinajstić information content (AvgIpc) is 3.02. The van der Waals surface area contributed by atoms with E-state index in [2.05, 4.69) is 5.32 Å². The number of carbonyl (C=O) groups is 1. The second-order valence-electron chi connectivity index (χ2n) is 5.00. The molecular formula is C16H13Cl2FN2OS. The van der Waals surface area contributed by atoms with Crippen molar-refractivity contribution in [2.45, 2.75) is 5.37 Å². The standard InChI is InChI=1S/C16H13Cl2FN2OS/c17-11-6-5-10(9-12(11)18)15-21(7-8-23-15)16(22)20-14-4-2-1-3-13(14)19/h1-6,9,15H,7-8H2,(H,20,22)/t15-/m0/s1. The molecule has 0 bridgehead atoms. The number of urea groups is 1. The maximum atomic E-state index is 13.7. The summed E-state index contributed by atoms with van der Waals surface area (Å²) in [5.41, 5.74) is 1.06. The highest BCUT2D eigenvalue weighted by molar-refractivity contribution is 7.99. The van der Waals surface area contributed by atoms with Gasteiger partial charge in [-0.05, 0) is 29.8 Å². The Hall–Kier alpha value is -1.43. The third-order valence-corrected chi connectivity index (χ3v) is 5.50. The molecule has 1 aliphatic heterocycles. The van der Waals surface area contributed by atoms with E-state index in [0.717, 1.165) is 11.3 Å². The lowest BCUT2D eigenvalue weighted by molar-refractivity contribution is 0.214. The number of nitrogens with zero attached hydrogens (tertiary/aromatic N) is 1. The molecule has 0 saturated carbocycles. The van der Waals surface area contributed by atoms with Crippen LogP contribution in [0.3, 0.4) is 0 Å². The number of halogens is 3. The second-order valence-corrected chi connectivity index (χ2v) is 7.00. The highest BCUT2D eigenvalue weighted by atomic mass is 35.5. The van der Waals surface area contributed by atoms with Crippen LogP contribution in [0, 0.1) is 5.82 Å². The third kappa shape index (κ3) is 3.57. The van der Waals surface area contributed by atoms with Gasteiger partial charge in [-0.3, -0.25) is 0 Å². The minimum absolute atomic E-state index is 0.169. The zero-order valence-electron chi connectivity index (χ0n) is 11.9.